The summed E-state index contributed by atoms with van der Waals surface area (Å²) in [6, 6.07) is 12.4. The lowest BCUT2D eigenvalue weighted by Crippen LogP contribution is -2.42. The maximum atomic E-state index is 13.6. The van der Waals surface area contributed by atoms with Gasteiger partial charge in [0.1, 0.15) is 0 Å². The molecule has 2 amide bonds. The first kappa shape index (κ1) is 18.0. The largest absolute Gasteiger partial charge is 0.338 e. The van der Waals surface area contributed by atoms with Gasteiger partial charge in [0.2, 0.25) is 5.95 Å². The number of hydrogen-bond donors (Lipinski definition) is 1. The summed E-state index contributed by atoms with van der Waals surface area (Å²) >= 11 is 0. The SMILES string of the molecule is CN(C)C(=O)NC1Cc2c(n(Cc3cccc(F)n3)c3ccc(C#N)cc23)C1.[HH]. The molecule has 0 saturated carbocycles. The van der Waals surface area contributed by atoms with Gasteiger partial charge in [0, 0.05) is 44.6 Å². The van der Waals surface area contributed by atoms with Crippen LogP contribution in [0, 0.1) is 17.3 Å². The van der Waals surface area contributed by atoms with E-state index in [4.69, 9.17) is 0 Å². The Balaban J connectivity index is 0.00000240. The molecule has 1 unspecified atom stereocenters. The number of fused-ring (bicyclic) bond motifs is 3. The third kappa shape index (κ3) is 3.18. The third-order valence-corrected chi connectivity index (χ3v) is 5.13. The Morgan fingerprint density at radius 3 is 2.93 bits per heavy atom. The Labute approximate surface area is 163 Å². The summed E-state index contributed by atoms with van der Waals surface area (Å²) in [6.07, 6.45) is 1.38. The predicted octanol–water partition coefficient (Wildman–Crippen LogP) is 3.08. The van der Waals surface area contributed by atoms with Crippen LogP contribution in [0.25, 0.3) is 10.9 Å². The molecule has 0 radical (unpaired) electrons. The van der Waals surface area contributed by atoms with Crippen molar-refractivity contribution in [3.63, 3.8) is 0 Å². The van der Waals surface area contributed by atoms with E-state index in [2.05, 4.69) is 20.9 Å². The molecule has 6 nitrogen and oxygen atoms in total. The second kappa shape index (κ2) is 6.97. The molecule has 4 rings (SSSR count). The monoisotopic (exact) mass is 379 g/mol. The number of halogens is 1. The van der Waals surface area contributed by atoms with Crippen molar-refractivity contribution in [1.82, 2.24) is 19.8 Å². The topological polar surface area (TPSA) is 74.0 Å². The number of nitrogens with one attached hydrogen (secondary N) is 1. The first-order chi connectivity index (χ1) is 13.5. The fourth-order valence-electron chi connectivity index (χ4n) is 3.85. The van der Waals surface area contributed by atoms with Gasteiger partial charge < -0.3 is 14.8 Å². The normalized spacial score (nSPS) is 15.3. The van der Waals surface area contributed by atoms with Crippen LogP contribution in [-0.2, 0) is 19.4 Å². The zero-order valence-electron chi connectivity index (χ0n) is 15.7. The molecule has 0 spiro atoms. The maximum absolute atomic E-state index is 13.6. The minimum Gasteiger partial charge on any atom is -0.338 e. The average molecular weight is 379 g/mol. The summed E-state index contributed by atoms with van der Waals surface area (Å²) in [7, 11) is 3.42. The van der Waals surface area contributed by atoms with Gasteiger partial charge in [0.05, 0.1) is 23.9 Å². The first-order valence-electron chi connectivity index (χ1n) is 9.09. The van der Waals surface area contributed by atoms with Crippen molar-refractivity contribution < 1.29 is 10.6 Å². The lowest BCUT2D eigenvalue weighted by atomic mass is 10.1. The molecule has 28 heavy (non-hydrogen) atoms. The third-order valence-electron chi connectivity index (χ3n) is 5.13. The van der Waals surface area contributed by atoms with Gasteiger partial charge >= 0.3 is 6.03 Å². The smallest absolute Gasteiger partial charge is 0.317 e. The van der Waals surface area contributed by atoms with Crippen LogP contribution in [0.15, 0.2) is 36.4 Å². The van der Waals surface area contributed by atoms with Crippen molar-refractivity contribution in [2.45, 2.75) is 25.4 Å². The molecule has 0 fully saturated rings. The van der Waals surface area contributed by atoms with Crippen molar-refractivity contribution in [1.29, 1.82) is 5.26 Å². The quantitative estimate of drug-likeness (QED) is 0.711. The summed E-state index contributed by atoms with van der Waals surface area (Å²) in [5, 5.41) is 13.3. The summed E-state index contributed by atoms with van der Waals surface area (Å²) in [5.74, 6) is -0.506. The lowest BCUT2D eigenvalue weighted by molar-refractivity contribution is 0.213. The van der Waals surface area contributed by atoms with Crippen LogP contribution >= 0.6 is 0 Å². The summed E-state index contributed by atoms with van der Waals surface area (Å²) in [5.41, 5.74) is 4.45. The van der Waals surface area contributed by atoms with Gasteiger partial charge in [-0.1, -0.05) is 6.07 Å². The fourth-order valence-corrected chi connectivity index (χ4v) is 3.85. The van der Waals surface area contributed by atoms with Gasteiger partial charge in [0.15, 0.2) is 0 Å². The van der Waals surface area contributed by atoms with E-state index < -0.39 is 5.95 Å². The number of nitriles is 1. The van der Waals surface area contributed by atoms with Gasteiger partial charge in [-0.05, 0) is 42.3 Å². The summed E-state index contributed by atoms with van der Waals surface area (Å²) in [4.78, 5) is 17.6. The minimum absolute atomic E-state index is 0. The number of carbonyl (C=O) groups is 1. The molecule has 7 heteroatoms. The Morgan fingerprint density at radius 1 is 1.39 bits per heavy atom. The number of amides is 2. The number of pyridine rings is 1. The lowest BCUT2D eigenvalue weighted by Gasteiger charge is -2.18. The molecule has 0 saturated heterocycles. The zero-order chi connectivity index (χ0) is 19.8. The number of benzene rings is 1. The van der Waals surface area contributed by atoms with E-state index in [-0.39, 0.29) is 13.5 Å². The molecule has 1 N–H and O–H groups in total. The average Bonchev–Trinajstić information content (AvgIpc) is 3.19. The molecular weight excluding hydrogens is 357 g/mol. The Bertz CT molecular complexity index is 1120. The minimum atomic E-state index is -0.506. The summed E-state index contributed by atoms with van der Waals surface area (Å²) < 4.78 is 15.7. The molecule has 1 aliphatic rings. The van der Waals surface area contributed by atoms with E-state index in [0.717, 1.165) is 22.2 Å². The fraction of sp³-hybridized carbons (Fsp3) is 0.286. The van der Waals surface area contributed by atoms with Gasteiger partial charge in [-0.25, -0.2) is 9.78 Å². The Kier molecular flexibility index (Phi) is 4.47. The van der Waals surface area contributed by atoms with Crippen LogP contribution < -0.4 is 5.32 Å². The number of hydrogen-bond acceptors (Lipinski definition) is 3. The highest BCUT2D eigenvalue weighted by atomic mass is 19.1. The van der Waals surface area contributed by atoms with Crippen LogP contribution in [0.1, 0.15) is 23.9 Å². The molecule has 0 bridgehead atoms. The van der Waals surface area contributed by atoms with Gasteiger partial charge in [-0.15, -0.1) is 0 Å². The molecule has 2 aromatic heterocycles. The van der Waals surface area contributed by atoms with Gasteiger partial charge in [-0.2, -0.15) is 9.65 Å². The molecule has 2 heterocycles. The number of aromatic nitrogens is 2. The zero-order valence-corrected chi connectivity index (χ0v) is 15.7. The van der Waals surface area contributed by atoms with E-state index in [1.165, 1.54) is 11.0 Å². The van der Waals surface area contributed by atoms with E-state index >= 15 is 0 Å². The Morgan fingerprint density at radius 2 is 2.21 bits per heavy atom. The van der Waals surface area contributed by atoms with Gasteiger partial charge in [0.25, 0.3) is 0 Å². The van der Waals surface area contributed by atoms with Crippen molar-refractivity contribution in [3.05, 3.63) is 64.9 Å². The van der Waals surface area contributed by atoms with Crippen LogP contribution in [0.3, 0.4) is 0 Å². The molecule has 1 aliphatic carbocycles. The maximum Gasteiger partial charge on any atom is 0.317 e. The van der Waals surface area contributed by atoms with E-state index in [1.807, 2.05) is 12.1 Å². The molecule has 1 atom stereocenters. The molecule has 3 aromatic rings. The molecule has 1 aromatic carbocycles. The van der Waals surface area contributed by atoms with Crippen LogP contribution in [0.5, 0.6) is 0 Å². The number of rotatable bonds is 3. The van der Waals surface area contributed by atoms with E-state index in [9.17, 15) is 14.4 Å². The Hall–Kier alpha value is -3.40. The van der Waals surface area contributed by atoms with E-state index in [1.54, 1.807) is 32.3 Å². The number of nitrogens with zero attached hydrogens (tertiary/aromatic N) is 4. The first-order valence-corrected chi connectivity index (χ1v) is 9.09. The van der Waals surface area contributed by atoms with Crippen molar-refractivity contribution >= 4 is 16.9 Å². The van der Waals surface area contributed by atoms with E-state index in [0.29, 0.717) is 30.6 Å². The molecule has 0 aliphatic heterocycles. The molecular formula is C21H22FN5O. The molecule has 144 valence electrons. The summed E-state index contributed by atoms with van der Waals surface area (Å²) in [6.45, 7) is 0.434. The highest BCUT2D eigenvalue weighted by Gasteiger charge is 2.30. The van der Waals surface area contributed by atoms with Crippen LogP contribution in [0.2, 0.25) is 0 Å². The second-order valence-corrected chi connectivity index (χ2v) is 7.26. The predicted molar refractivity (Wildman–Crippen MR) is 105 cm³/mol. The highest BCUT2D eigenvalue weighted by molar-refractivity contribution is 5.88. The van der Waals surface area contributed by atoms with Crippen molar-refractivity contribution in [2.24, 2.45) is 0 Å². The van der Waals surface area contributed by atoms with Crippen molar-refractivity contribution in [2.75, 3.05) is 14.1 Å². The van der Waals surface area contributed by atoms with Crippen LogP contribution in [-0.4, -0.2) is 40.6 Å². The highest BCUT2D eigenvalue weighted by Crippen LogP contribution is 2.34. The second-order valence-electron chi connectivity index (χ2n) is 7.26. The standard InChI is InChI=1S/C21H20FN5O.H2/c1-26(2)21(28)25-15-9-17-16-8-13(11-23)6-7-18(16)27(19(17)10-15)12-14-4-3-5-20(22)24-14;/h3-8,15H,9-10,12H2,1-2H3,(H,25,28);1H. The number of urea groups is 1. The van der Waals surface area contributed by atoms with Gasteiger partial charge in [-0.3, -0.25) is 0 Å². The number of carbonyl (C=O) groups excluding carboxylic acids is 1. The van der Waals surface area contributed by atoms with Crippen LogP contribution in [0.4, 0.5) is 9.18 Å². The van der Waals surface area contributed by atoms with Crippen molar-refractivity contribution in [3.8, 4) is 6.07 Å².